The number of esters is 1. The average molecular weight is 369 g/mol. The van der Waals surface area contributed by atoms with Crippen LogP contribution in [0.15, 0.2) is 48.5 Å². The first-order valence-corrected chi connectivity index (χ1v) is 7.24. The zero-order valence-corrected chi connectivity index (χ0v) is 13.5. The van der Waals surface area contributed by atoms with E-state index >= 15 is 0 Å². The minimum atomic E-state index is -4.76. The second kappa shape index (κ2) is 8.24. The first kappa shape index (κ1) is 19.1. The zero-order chi connectivity index (χ0) is 19.2. The molecule has 0 heterocycles. The highest BCUT2D eigenvalue weighted by molar-refractivity contribution is 6.37. The number of para-hydroxylation sites is 2. The molecule has 26 heavy (non-hydrogen) atoms. The number of benzene rings is 2. The molecule has 0 bridgehead atoms. The lowest BCUT2D eigenvalue weighted by Crippen LogP contribution is -2.24. The second-order valence-electron chi connectivity index (χ2n) is 4.92. The maximum Gasteiger partial charge on any atom is 0.573 e. The lowest BCUT2D eigenvalue weighted by molar-refractivity contribution is -0.274. The fourth-order valence-corrected chi connectivity index (χ4v) is 1.91. The molecule has 0 radical (unpaired) electrons. The predicted octanol–water partition coefficient (Wildman–Crippen LogP) is 3.28. The maximum atomic E-state index is 12.1. The minimum Gasteiger partial charge on any atom is -0.487 e. The van der Waals surface area contributed by atoms with E-state index in [2.05, 4.69) is 14.8 Å². The molecule has 0 atom stereocenters. The van der Waals surface area contributed by atoms with Crippen molar-refractivity contribution in [3.63, 3.8) is 0 Å². The van der Waals surface area contributed by atoms with Crippen LogP contribution in [0.25, 0.3) is 0 Å². The van der Waals surface area contributed by atoms with Crippen LogP contribution in [0.2, 0.25) is 0 Å². The molecule has 2 rings (SSSR count). The molecule has 0 unspecified atom stereocenters. The standard InChI is InChI=1S/C17H14F3NO5/c1-24-16(23)15(22)21-13-4-2-3-5-14(13)25-10-11-6-8-12(9-7-11)26-17(18,19)20/h2-9H,10H2,1H3,(H,21,22). The molecule has 0 aromatic heterocycles. The number of halogens is 3. The number of hydrogen-bond donors (Lipinski definition) is 1. The van der Waals surface area contributed by atoms with E-state index in [1.165, 1.54) is 18.2 Å². The lowest BCUT2D eigenvalue weighted by atomic mass is 10.2. The van der Waals surface area contributed by atoms with Gasteiger partial charge in [-0.15, -0.1) is 13.2 Å². The number of anilines is 1. The quantitative estimate of drug-likeness (QED) is 0.647. The fourth-order valence-electron chi connectivity index (χ4n) is 1.91. The molecule has 1 N–H and O–H groups in total. The van der Waals surface area contributed by atoms with Gasteiger partial charge in [-0.2, -0.15) is 0 Å². The van der Waals surface area contributed by atoms with Crippen molar-refractivity contribution >= 4 is 17.6 Å². The normalized spacial score (nSPS) is 10.8. The van der Waals surface area contributed by atoms with Crippen molar-refractivity contribution in [2.45, 2.75) is 13.0 Å². The Morgan fingerprint density at radius 1 is 1.04 bits per heavy atom. The monoisotopic (exact) mass is 369 g/mol. The van der Waals surface area contributed by atoms with Crippen molar-refractivity contribution in [1.82, 2.24) is 0 Å². The third kappa shape index (κ3) is 5.69. The largest absolute Gasteiger partial charge is 0.573 e. The Hall–Kier alpha value is -3.23. The van der Waals surface area contributed by atoms with Gasteiger partial charge in [-0.25, -0.2) is 4.79 Å². The van der Waals surface area contributed by atoms with Gasteiger partial charge in [-0.1, -0.05) is 24.3 Å². The Labute approximate surface area is 146 Å². The van der Waals surface area contributed by atoms with Gasteiger partial charge in [0.25, 0.3) is 0 Å². The summed E-state index contributed by atoms with van der Waals surface area (Å²) < 4.78 is 50.0. The van der Waals surface area contributed by atoms with Gasteiger partial charge in [-0.05, 0) is 29.8 Å². The van der Waals surface area contributed by atoms with E-state index in [0.717, 1.165) is 19.2 Å². The number of amides is 1. The van der Waals surface area contributed by atoms with Crippen LogP contribution >= 0.6 is 0 Å². The molecule has 1 amide bonds. The Morgan fingerprint density at radius 2 is 1.69 bits per heavy atom. The van der Waals surface area contributed by atoms with Crippen molar-refractivity contribution in [3.8, 4) is 11.5 Å². The van der Waals surface area contributed by atoms with Gasteiger partial charge in [0.1, 0.15) is 18.1 Å². The van der Waals surface area contributed by atoms with Crippen molar-refractivity contribution in [1.29, 1.82) is 0 Å². The highest BCUT2D eigenvalue weighted by Gasteiger charge is 2.30. The first-order valence-electron chi connectivity index (χ1n) is 7.24. The molecule has 138 valence electrons. The third-order valence-electron chi connectivity index (χ3n) is 3.06. The van der Waals surface area contributed by atoms with E-state index in [4.69, 9.17) is 4.74 Å². The number of hydrogen-bond acceptors (Lipinski definition) is 5. The van der Waals surface area contributed by atoms with E-state index in [1.807, 2.05) is 0 Å². The summed E-state index contributed by atoms with van der Waals surface area (Å²) in [6, 6.07) is 11.5. The highest BCUT2D eigenvalue weighted by Crippen LogP contribution is 2.26. The molecular weight excluding hydrogens is 355 g/mol. The average Bonchev–Trinajstić information content (AvgIpc) is 2.60. The van der Waals surface area contributed by atoms with Crippen LogP contribution in [-0.2, 0) is 20.9 Å². The molecule has 2 aromatic carbocycles. The number of alkyl halides is 3. The van der Waals surface area contributed by atoms with Gasteiger partial charge >= 0.3 is 18.2 Å². The van der Waals surface area contributed by atoms with Crippen LogP contribution in [0.3, 0.4) is 0 Å². The lowest BCUT2D eigenvalue weighted by Gasteiger charge is -2.12. The zero-order valence-electron chi connectivity index (χ0n) is 13.5. The van der Waals surface area contributed by atoms with Crippen molar-refractivity contribution in [2.75, 3.05) is 12.4 Å². The maximum absolute atomic E-state index is 12.1. The van der Waals surface area contributed by atoms with Gasteiger partial charge in [-0.3, -0.25) is 4.79 Å². The van der Waals surface area contributed by atoms with Crippen molar-refractivity contribution in [3.05, 3.63) is 54.1 Å². The summed E-state index contributed by atoms with van der Waals surface area (Å²) in [5, 5.41) is 2.35. The molecular formula is C17H14F3NO5. The summed E-state index contributed by atoms with van der Waals surface area (Å²) in [6.07, 6.45) is -4.76. The molecule has 0 saturated heterocycles. The number of nitrogens with one attached hydrogen (secondary N) is 1. The summed E-state index contributed by atoms with van der Waals surface area (Å²) in [6.45, 7) is 0.0252. The second-order valence-corrected chi connectivity index (χ2v) is 4.92. The smallest absolute Gasteiger partial charge is 0.487 e. The van der Waals surface area contributed by atoms with Gasteiger partial charge in [0, 0.05) is 0 Å². The van der Waals surface area contributed by atoms with E-state index in [0.29, 0.717) is 5.56 Å². The third-order valence-corrected chi connectivity index (χ3v) is 3.06. The van der Waals surface area contributed by atoms with Crippen LogP contribution in [0.1, 0.15) is 5.56 Å². The first-order chi connectivity index (χ1) is 12.3. The number of methoxy groups -OCH3 is 1. The summed E-state index contributed by atoms with van der Waals surface area (Å²) in [5.41, 5.74) is 0.827. The molecule has 0 fully saturated rings. The Bertz CT molecular complexity index is 775. The number of ether oxygens (including phenoxy) is 3. The van der Waals surface area contributed by atoms with E-state index < -0.39 is 18.2 Å². The van der Waals surface area contributed by atoms with Gasteiger partial charge in [0.2, 0.25) is 0 Å². The number of carbonyl (C=O) groups is 2. The summed E-state index contributed by atoms with van der Waals surface area (Å²) in [7, 11) is 1.08. The van der Waals surface area contributed by atoms with Crippen LogP contribution in [0, 0.1) is 0 Å². The minimum absolute atomic E-state index is 0.0252. The van der Waals surface area contributed by atoms with E-state index in [-0.39, 0.29) is 23.8 Å². The van der Waals surface area contributed by atoms with Crippen molar-refractivity contribution in [2.24, 2.45) is 0 Å². The molecule has 2 aromatic rings. The van der Waals surface area contributed by atoms with Crippen LogP contribution in [0.5, 0.6) is 11.5 Å². The molecule has 6 nitrogen and oxygen atoms in total. The Kier molecular flexibility index (Phi) is 6.05. The Morgan fingerprint density at radius 3 is 2.31 bits per heavy atom. The van der Waals surface area contributed by atoms with Crippen LogP contribution in [-0.4, -0.2) is 25.3 Å². The van der Waals surface area contributed by atoms with Crippen LogP contribution < -0.4 is 14.8 Å². The van der Waals surface area contributed by atoms with E-state index in [9.17, 15) is 22.8 Å². The van der Waals surface area contributed by atoms with Gasteiger partial charge < -0.3 is 19.5 Å². The fraction of sp³-hybridized carbons (Fsp3) is 0.176. The SMILES string of the molecule is COC(=O)C(=O)Nc1ccccc1OCc1ccc(OC(F)(F)F)cc1. The molecule has 0 aliphatic rings. The molecule has 9 heteroatoms. The number of rotatable bonds is 5. The molecule has 0 saturated carbocycles. The molecule has 0 spiro atoms. The Balaban J connectivity index is 2.01. The number of carbonyl (C=O) groups excluding carboxylic acids is 2. The predicted molar refractivity (Wildman–Crippen MR) is 84.5 cm³/mol. The van der Waals surface area contributed by atoms with Gasteiger partial charge in [0.15, 0.2) is 0 Å². The van der Waals surface area contributed by atoms with Crippen LogP contribution in [0.4, 0.5) is 18.9 Å². The highest BCUT2D eigenvalue weighted by atomic mass is 19.4. The van der Waals surface area contributed by atoms with E-state index in [1.54, 1.807) is 18.2 Å². The topological polar surface area (TPSA) is 73.9 Å². The summed E-state index contributed by atoms with van der Waals surface area (Å²) in [5.74, 6) is -2.08. The van der Waals surface area contributed by atoms with Gasteiger partial charge in [0.05, 0.1) is 12.8 Å². The molecule has 0 aliphatic heterocycles. The van der Waals surface area contributed by atoms with Crippen molar-refractivity contribution < 1.29 is 37.0 Å². The summed E-state index contributed by atoms with van der Waals surface area (Å²) in [4.78, 5) is 22.7. The molecule has 0 aliphatic carbocycles. The summed E-state index contributed by atoms with van der Waals surface area (Å²) >= 11 is 0.